The van der Waals surface area contributed by atoms with Crippen molar-refractivity contribution in [1.29, 1.82) is 0 Å². The van der Waals surface area contributed by atoms with E-state index in [-0.39, 0.29) is 5.91 Å². The SMILES string of the molecule is Cc1oc(CN(C)CC2CC2)cc1C(=O)NN. The Morgan fingerprint density at radius 1 is 1.65 bits per heavy atom. The lowest BCUT2D eigenvalue weighted by Gasteiger charge is -2.13. The van der Waals surface area contributed by atoms with Crippen LogP contribution in [0, 0.1) is 12.8 Å². The standard InChI is InChI=1S/C12H19N3O2/c1-8-11(12(16)14-13)5-10(17-8)7-15(2)6-9-3-4-9/h5,9H,3-4,6-7,13H2,1-2H3,(H,14,16). The summed E-state index contributed by atoms with van der Waals surface area (Å²) >= 11 is 0. The van der Waals surface area contributed by atoms with Gasteiger partial charge in [-0.05, 0) is 38.8 Å². The van der Waals surface area contributed by atoms with E-state index in [9.17, 15) is 4.79 Å². The maximum Gasteiger partial charge on any atom is 0.268 e. The van der Waals surface area contributed by atoms with Crippen molar-refractivity contribution in [3.63, 3.8) is 0 Å². The van der Waals surface area contributed by atoms with Crippen LogP contribution in [0.2, 0.25) is 0 Å². The number of nitrogens with two attached hydrogens (primary N) is 1. The van der Waals surface area contributed by atoms with Crippen LogP contribution in [0.5, 0.6) is 0 Å². The number of nitrogens with zero attached hydrogens (tertiary/aromatic N) is 1. The molecule has 3 N–H and O–H groups in total. The van der Waals surface area contributed by atoms with Crippen LogP contribution in [0.4, 0.5) is 0 Å². The number of nitrogens with one attached hydrogen (secondary N) is 1. The first-order valence-corrected chi connectivity index (χ1v) is 5.89. The zero-order valence-electron chi connectivity index (χ0n) is 10.3. The van der Waals surface area contributed by atoms with Crippen LogP contribution in [-0.4, -0.2) is 24.4 Å². The lowest BCUT2D eigenvalue weighted by Crippen LogP contribution is -2.30. The third kappa shape index (κ3) is 3.08. The van der Waals surface area contributed by atoms with Crippen molar-refractivity contribution in [2.45, 2.75) is 26.3 Å². The molecule has 1 aromatic rings. The number of aryl methyl sites for hydroxylation is 1. The maximum absolute atomic E-state index is 11.4. The number of furan rings is 1. The molecule has 94 valence electrons. The monoisotopic (exact) mass is 237 g/mol. The summed E-state index contributed by atoms with van der Waals surface area (Å²) < 4.78 is 5.55. The molecule has 1 aliphatic carbocycles. The molecule has 0 aliphatic heterocycles. The number of rotatable bonds is 5. The lowest BCUT2D eigenvalue weighted by atomic mass is 10.2. The normalized spacial score (nSPS) is 15.3. The Kier molecular flexibility index (Phi) is 3.49. The van der Waals surface area contributed by atoms with Gasteiger partial charge in [-0.2, -0.15) is 0 Å². The number of carbonyl (C=O) groups excluding carboxylic acids is 1. The highest BCUT2D eigenvalue weighted by Gasteiger charge is 2.23. The highest BCUT2D eigenvalue weighted by atomic mass is 16.3. The van der Waals surface area contributed by atoms with Gasteiger partial charge in [0.05, 0.1) is 12.1 Å². The van der Waals surface area contributed by atoms with Gasteiger partial charge < -0.3 is 4.42 Å². The highest BCUT2D eigenvalue weighted by molar-refractivity contribution is 5.94. The summed E-state index contributed by atoms with van der Waals surface area (Å²) in [7, 11) is 2.07. The van der Waals surface area contributed by atoms with E-state index in [4.69, 9.17) is 10.3 Å². The van der Waals surface area contributed by atoms with E-state index in [1.165, 1.54) is 12.8 Å². The van der Waals surface area contributed by atoms with Crippen molar-refractivity contribution in [1.82, 2.24) is 10.3 Å². The number of hydrazine groups is 1. The minimum atomic E-state index is -0.303. The molecule has 0 unspecified atom stereocenters. The Bertz CT molecular complexity index is 410. The van der Waals surface area contributed by atoms with Gasteiger partial charge in [-0.1, -0.05) is 0 Å². The third-order valence-corrected chi connectivity index (χ3v) is 3.04. The first kappa shape index (κ1) is 12.1. The van der Waals surface area contributed by atoms with Gasteiger partial charge in [0.1, 0.15) is 11.5 Å². The van der Waals surface area contributed by atoms with Gasteiger partial charge >= 0.3 is 0 Å². The second-order valence-corrected chi connectivity index (χ2v) is 4.80. The van der Waals surface area contributed by atoms with Gasteiger partial charge in [0, 0.05) is 6.54 Å². The summed E-state index contributed by atoms with van der Waals surface area (Å²) in [6.45, 7) is 3.60. The van der Waals surface area contributed by atoms with E-state index in [0.29, 0.717) is 11.3 Å². The second-order valence-electron chi connectivity index (χ2n) is 4.80. The Hall–Kier alpha value is -1.33. The summed E-state index contributed by atoms with van der Waals surface area (Å²) in [5, 5.41) is 0. The Balaban J connectivity index is 1.98. The van der Waals surface area contributed by atoms with Gasteiger partial charge in [-0.15, -0.1) is 0 Å². The highest BCUT2D eigenvalue weighted by Crippen LogP contribution is 2.29. The molecule has 5 heteroatoms. The van der Waals surface area contributed by atoms with Crippen LogP contribution in [0.3, 0.4) is 0 Å². The number of amides is 1. The van der Waals surface area contributed by atoms with Crippen LogP contribution < -0.4 is 11.3 Å². The third-order valence-electron chi connectivity index (χ3n) is 3.04. The molecule has 0 bridgehead atoms. The summed E-state index contributed by atoms with van der Waals surface area (Å²) in [5.74, 6) is 7.08. The first-order chi connectivity index (χ1) is 8.10. The number of hydrogen-bond acceptors (Lipinski definition) is 4. The van der Waals surface area contributed by atoms with E-state index in [1.54, 1.807) is 13.0 Å². The molecular formula is C12H19N3O2. The van der Waals surface area contributed by atoms with Gasteiger partial charge in [0.2, 0.25) is 0 Å². The fourth-order valence-electron chi connectivity index (χ4n) is 2.00. The van der Waals surface area contributed by atoms with Gasteiger partial charge in [0.25, 0.3) is 5.91 Å². The van der Waals surface area contributed by atoms with Crippen molar-refractivity contribution in [2.24, 2.45) is 11.8 Å². The van der Waals surface area contributed by atoms with Crippen molar-refractivity contribution in [3.05, 3.63) is 23.2 Å². The molecule has 2 rings (SSSR count). The van der Waals surface area contributed by atoms with Crippen molar-refractivity contribution >= 4 is 5.91 Å². The fraction of sp³-hybridized carbons (Fsp3) is 0.583. The zero-order valence-corrected chi connectivity index (χ0v) is 10.3. The molecule has 1 fully saturated rings. The number of carbonyl (C=O) groups is 1. The molecule has 17 heavy (non-hydrogen) atoms. The van der Waals surface area contributed by atoms with Crippen molar-refractivity contribution in [2.75, 3.05) is 13.6 Å². The van der Waals surface area contributed by atoms with E-state index < -0.39 is 0 Å². The summed E-state index contributed by atoms with van der Waals surface area (Å²) in [5.41, 5.74) is 2.63. The minimum Gasteiger partial charge on any atom is -0.464 e. The number of hydrogen-bond donors (Lipinski definition) is 2. The van der Waals surface area contributed by atoms with Gasteiger partial charge in [0.15, 0.2) is 0 Å². The van der Waals surface area contributed by atoms with E-state index >= 15 is 0 Å². The van der Waals surface area contributed by atoms with E-state index in [1.807, 2.05) is 0 Å². The molecule has 1 aromatic heterocycles. The molecule has 5 nitrogen and oxygen atoms in total. The topological polar surface area (TPSA) is 71.5 Å². The van der Waals surface area contributed by atoms with Crippen LogP contribution in [0.25, 0.3) is 0 Å². The molecule has 1 heterocycles. The quantitative estimate of drug-likeness (QED) is 0.456. The summed E-state index contributed by atoms with van der Waals surface area (Å²) in [6.07, 6.45) is 2.67. The van der Waals surface area contributed by atoms with Crippen LogP contribution in [-0.2, 0) is 6.54 Å². The summed E-state index contributed by atoms with van der Waals surface area (Å²) in [6, 6.07) is 1.76. The molecular weight excluding hydrogens is 218 g/mol. The second kappa shape index (κ2) is 4.89. The van der Waals surface area contributed by atoms with Crippen LogP contribution in [0.15, 0.2) is 10.5 Å². The summed E-state index contributed by atoms with van der Waals surface area (Å²) in [4.78, 5) is 13.6. The minimum absolute atomic E-state index is 0.303. The predicted octanol–water partition coefficient (Wildman–Crippen LogP) is 1.03. The smallest absolute Gasteiger partial charge is 0.268 e. The molecule has 0 atom stereocenters. The molecule has 1 amide bonds. The molecule has 0 spiro atoms. The molecule has 0 aromatic carbocycles. The molecule has 1 saturated carbocycles. The zero-order chi connectivity index (χ0) is 12.4. The van der Waals surface area contributed by atoms with Crippen molar-refractivity contribution in [3.8, 4) is 0 Å². The van der Waals surface area contributed by atoms with Crippen molar-refractivity contribution < 1.29 is 9.21 Å². The molecule has 1 aliphatic rings. The fourth-order valence-corrected chi connectivity index (χ4v) is 2.00. The molecule has 0 radical (unpaired) electrons. The maximum atomic E-state index is 11.4. The Morgan fingerprint density at radius 3 is 2.94 bits per heavy atom. The van der Waals surface area contributed by atoms with E-state index in [2.05, 4.69) is 17.4 Å². The average molecular weight is 237 g/mol. The first-order valence-electron chi connectivity index (χ1n) is 5.89. The Labute approximate surface area is 101 Å². The lowest BCUT2D eigenvalue weighted by molar-refractivity contribution is 0.0952. The average Bonchev–Trinajstić information content (AvgIpc) is 3.00. The molecule has 0 saturated heterocycles. The number of nitrogen functional groups attached to an aromatic ring is 1. The Morgan fingerprint density at radius 2 is 2.35 bits per heavy atom. The largest absolute Gasteiger partial charge is 0.464 e. The van der Waals surface area contributed by atoms with Gasteiger partial charge in [-0.3, -0.25) is 15.1 Å². The van der Waals surface area contributed by atoms with Gasteiger partial charge in [-0.25, -0.2) is 5.84 Å². The predicted molar refractivity (Wildman–Crippen MR) is 64.2 cm³/mol. The van der Waals surface area contributed by atoms with Crippen LogP contribution in [0.1, 0.15) is 34.7 Å². The van der Waals surface area contributed by atoms with Crippen LogP contribution >= 0.6 is 0 Å². The van der Waals surface area contributed by atoms with E-state index in [0.717, 1.165) is 24.8 Å².